The number of nitrogens with one attached hydrogen (secondary N) is 3. The van der Waals surface area contributed by atoms with Crippen molar-refractivity contribution < 1.29 is 14.4 Å². The van der Waals surface area contributed by atoms with Crippen LogP contribution in [0.3, 0.4) is 0 Å². The number of hydrogen-bond acceptors (Lipinski definition) is 3. The molecule has 1 rings (SSSR count). The molecule has 0 aromatic rings. The summed E-state index contributed by atoms with van der Waals surface area (Å²) in [6.45, 7) is 4.70. The maximum Gasteiger partial charge on any atom is 0.239 e. The Balaban J connectivity index is 2.03. The zero-order chi connectivity index (χ0) is 13.5. The van der Waals surface area contributed by atoms with Crippen molar-refractivity contribution in [2.24, 2.45) is 11.8 Å². The molecule has 1 aliphatic carbocycles. The molecule has 6 nitrogen and oxygen atoms in total. The third kappa shape index (κ3) is 5.16. The number of carbonyl (C=O) groups excluding carboxylic acids is 3. The monoisotopic (exact) mass is 255 g/mol. The van der Waals surface area contributed by atoms with E-state index in [9.17, 15) is 14.4 Å². The predicted octanol–water partition coefficient (Wildman–Crippen LogP) is -0.599. The minimum atomic E-state index is -0.231. The van der Waals surface area contributed by atoms with Crippen LogP contribution in [0.15, 0.2) is 0 Å². The second-order valence-electron chi connectivity index (χ2n) is 4.59. The van der Waals surface area contributed by atoms with Gasteiger partial charge in [0.1, 0.15) is 0 Å². The largest absolute Gasteiger partial charge is 0.355 e. The van der Waals surface area contributed by atoms with Gasteiger partial charge in [-0.3, -0.25) is 14.4 Å². The molecule has 0 radical (unpaired) electrons. The van der Waals surface area contributed by atoms with Crippen molar-refractivity contribution in [1.29, 1.82) is 0 Å². The van der Waals surface area contributed by atoms with E-state index in [1.54, 1.807) is 0 Å². The van der Waals surface area contributed by atoms with E-state index >= 15 is 0 Å². The van der Waals surface area contributed by atoms with Gasteiger partial charge in [0.05, 0.1) is 6.54 Å². The molecule has 2 unspecified atom stereocenters. The first kappa shape index (κ1) is 14.5. The van der Waals surface area contributed by atoms with Crippen molar-refractivity contribution in [3.05, 3.63) is 0 Å². The van der Waals surface area contributed by atoms with Crippen LogP contribution >= 0.6 is 0 Å². The van der Waals surface area contributed by atoms with Crippen LogP contribution in [0.2, 0.25) is 0 Å². The van der Waals surface area contributed by atoms with Gasteiger partial charge < -0.3 is 16.0 Å². The molecule has 0 aromatic carbocycles. The quantitative estimate of drug-likeness (QED) is 0.568. The Morgan fingerprint density at radius 2 is 1.78 bits per heavy atom. The van der Waals surface area contributed by atoms with Crippen LogP contribution in [-0.2, 0) is 14.4 Å². The number of carbonyl (C=O) groups is 3. The van der Waals surface area contributed by atoms with E-state index in [0.717, 1.165) is 6.42 Å². The molecule has 0 spiro atoms. The molecule has 1 fully saturated rings. The zero-order valence-electron chi connectivity index (χ0n) is 10.9. The van der Waals surface area contributed by atoms with Crippen LogP contribution in [0.4, 0.5) is 0 Å². The van der Waals surface area contributed by atoms with Crippen LogP contribution < -0.4 is 16.0 Å². The molecule has 0 bridgehead atoms. The second-order valence-corrected chi connectivity index (χ2v) is 4.59. The van der Waals surface area contributed by atoms with Crippen LogP contribution in [0, 0.1) is 11.8 Å². The lowest BCUT2D eigenvalue weighted by atomic mass is 10.3. The summed E-state index contributed by atoms with van der Waals surface area (Å²) in [5, 5.41) is 7.79. The van der Waals surface area contributed by atoms with E-state index in [1.807, 2.05) is 13.8 Å². The normalized spacial score (nSPS) is 21.0. The molecule has 1 saturated carbocycles. The third-order valence-electron chi connectivity index (χ3n) is 2.92. The van der Waals surface area contributed by atoms with Gasteiger partial charge in [0.25, 0.3) is 0 Å². The number of amides is 3. The average Bonchev–Trinajstić information content (AvgIpc) is 3.04. The lowest BCUT2D eigenvalue weighted by Gasteiger charge is -2.06. The van der Waals surface area contributed by atoms with E-state index in [4.69, 9.17) is 0 Å². The van der Waals surface area contributed by atoms with Gasteiger partial charge in [-0.25, -0.2) is 0 Å². The van der Waals surface area contributed by atoms with Crippen LogP contribution in [-0.4, -0.2) is 37.4 Å². The Kier molecular flexibility index (Phi) is 5.61. The molecule has 3 N–H and O–H groups in total. The summed E-state index contributed by atoms with van der Waals surface area (Å²) in [4.78, 5) is 33.8. The van der Waals surface area contributed by atoms with Crippen LogP contribution in [0.25, 0.3) is 0 Å². The van der Waals surface area contributed by atoms with Crippen molar-refractivity contribution in [3.8, 4) is 0 Å². The molecule has 2 atom stereocenters. The molecule has 18 heavy (non-hydrogen) atoms. The Bertz CT molecular complexity index is 331. The topological polar surface area (TPSA) is 87.3 Å². The lowest BCUT2D eigenvalue weighted by molar-refractivity contribution is -0.126. The van der Waals surface area contributed by atoms with Gasteiger partial charge in [0, 0.05) is 25.4 Å². The van der Waals surface area contributed by atoms with Crippen LogP contribution in [0.1, 0.15) is 26.7 Å². The minimum Gasteiger partial charge on any atom is -0.355 e. The van der Waals surface area contributed by atoms with Gasteiger partial charge >= 0.3 is 0 Å². The van der Waals surface area contributed by atoms with E-state index < -0.39 is 0 Å². The van der Waals surface area contributed by atoms with Crippen molar-refractivity contribution in [3.63, 3.8) is 0 Å². The van der Waals surface area contributed by atoms with E-state index in [1.165, 1.54) is 0 Å². The highest BCUT2D eigenvalue weighted by molar-refractivity contribution is 5.85. The first-order valence-electron chi connectivity index (χ1n) is 6.35. The van der Waals surface area contributed by atoms with Crippen molar-refractivity contribution in [2.75, 3.05) is 19.6 Å². The smallest absolute Gasteiger partial charge is 0.239 e. The number of likely N-dealkylation sites (N-methyl/N-ethyl adjacent to an activating group) is 1. The van der Waals surface area contributed by atoms with Crippen molar-refractivity contribution >= 4 is 17.7 Å². The molecule has 6 heteroatoms. The third-order valence-corrected chi connectivity index (χ3v) is 2.92. The zero-order valence-corrected chi connectivity index (χ0v) is 10.9. The molecular formula is C12H21N3O3. The highest BCUT2D eigenvalue weighted by Crippen LogP contribution is 2.37. The maximum atomic E-state index is 11.4. The molecule has 0 aromatic heterocycles. The Morgan fingerprint density at radius 3 is 2.33 bits per heavy atom. The highest BCUT2D eigenvalue weighted by Gasteiger charge is 2.38. The lowest BCUT2D eigenvalue weighted by Crippen LogP contribution is -2.38. The molecular weight excluding hydrogens is 234 g/mol. The van der Waals surface area contributed by atoms with Gasteiger partial charge in [0.15, 0.2) is 0 Å². The summed E-state index contributed by atoms with van der Waals surface area (Å²) in [7, 11) is 0. The Labute approximate surface area is 107 Å². The van der Waals surface area contributed by atoms with Gasteiger partial charge in [-0.1, -0.05) is 6.92 Å². The summed E-state index contributed by atoms with van der Waals surface area (Å²) in [6.07, 6.45) is 1.14. The second kappa shape index (κ2) is 6.98. The molecule has 3 amide bonds. The SMILES string of the molecule is CCNC(=O)CNC(=O)CCNC(=O)C1CC1C. The molecule has 0 aliphatic heterocycles. The highest BCUT2D eigenvalue weighted by atomic mass is 16.2. The summed E-state index contributed by atoms with van der Waals surface area (Å²) in [6, 6.07) is 0. The predicted molar refractivity (Wildman–Crippen MR) is 66.6 cm³/mol. The standard InChI is InChI=1S/C12H21N3O3/c1-3-13-11(17)7-15-10(16)4-5-14-12(18)9-6-8(9)2/h8-9H,3-7H2,1-2H3,(H,13,17)(H,14,18)(H,15,16). The summed E-state index contributed by atoms with van der Waals surface area (Å²) in [5.74, 6) is 0.186. The van der Waals surface area contributed by atoms with Gasteiger partial charge in [-0.05, 0) is 19.3 Å². The fourth-order valence-electron chi connectivity index (χ4n) is 1.64. The summed E-state index contributed by atoms with van der Waals surface area (Å²) >= 11 is 0. The number of hydrogen-bond donors (Lipinski definition) is 3. The fraction of sp³-hybridized carbons (Fsp3) is 0.750. The van der Waals surface area contributed by atoms with Crippen molar-refractivity contribution in [1.82, 2.24) is 16.0 Å². The Morgan fingerprint density at radius 1 is 1.11 bits per heavy atom. The molecule has 102 valence electrons. The van der Waals surface area contributed by atoms with E-state index in [2.05, 4.69) is 16.0 Å². The molecule has 0 saturated heterocycles. The van der Waals surface area contributed by atoms with Gasteiger partial charge in [0.2, 0.25) is 17.7 Å². The molecule has 1 aliphatic rings. The van der Waals surface area contributed by atoms with Gasteiger partial charge in [-0.2, -0.15) is 0 Å². The fourth-order valence-corrected chi connectivity index (χ4v) is 1.64. The number of rotatable bonds is 7. The van der Waals surface area contributed by atoms with Crippen molar-refractivity contribution in [2.45, 2.75) is 26.7 Å². The van der Waals surface area contributed by atoms with Crippen LogP contribution in [0.5, 0.6) is 0 Å². The van der Waals surface area contributed by atoms with Gasteiger partial charge in [-0.15, -0.1) is 0 Å². The maximum absolute atomic E-state index is 11.4. The first-order chi connectivity index (χ1) is 8.54. The van der Waals surface area contributed by atoms with E-state index in [-0.39, 0.29) is 36.6 Å². The summed E-state index contributed by atoms with van der Waals surface area (Å²) in [5.41, 5.74) is 0. The first-order valence-corrected chi connectivity index (χ1v) is 6.35. The van der Waals surface area contributed by atoms with E-state index in [0.29, 0.717) is 19.0 Å². The molecule has 0 heterocycles. The summed E-state index contributed by atoms with van der Waals surface area (Å²) < 4.78 is 0. The average molecular weight is 255 g/mol. The Hall–Kier alpha value is -1.59. The minimum absolute atomic E-state index is 0.0136.